The standard InChI is InChI=1S/C22H27N3O6/c1-4-31-21-14-19(25(27)28)18(13-20(21)29-3)22(26)23-15(2)16-5-7-17(8-6-16)24-9-11-30-12-10-24/h5-8,13-15H,4,9-12H2,1-3H3,(H,23,26). The Morgan fingerprint density at radius 1 is 1.23 bits per heavy atom. The van der Waals surface area contributed by atoms with Crippen LogP contribution in [0.25, 0.3) is 0 Å². The number of hydrogen-bond acceptors (Lipinski definition) is 7. The summed E-state index contributed by atoms with van der Waals surface area (Å²) in [6, 6.07) is 10.1. The van der Waals surface area contributed by atoms with Crippen molar-refractivity contribution in [3.05, 3.63) is 57.6 Å². The van der Waals surface area contributed by atoms with E-state index in [0.29, 0.717) is 19.8 Å². The van der Waals surface area contributed by atoms with Crippen molar-refractivity contribution in [3.8, 4) is 11.5 Å². The number of nitro groups is 1. The predicted octanol–water partition coefficient (Wildman–Crippen LogP) is 3.33. The molecule has 0 aliphatic carbocycles. The second kappa shape index (κ2) is 10.1. The van der Waals surface area contributed by atoms with Crippen LogP contribution in [-0.4, -0.2) is 50.9 Å². The minimum Gasteiger partial charge on any atom is -0.493 e. The van der Waals surface area contributed by atoms with Gasteiger partial charge in [-0.15, -0.1) is 0 Å². The summed E-state index contributed by atoms with van der Waals surface area (Å²) < 4.78 is 16.0. The molecule has 1 amide bonds. The van der Waals surface area contributed by atoms with Gasteiger partial charge in [-0.2, -0.15) is 0 Å². The topological polar surface area (TPSA) is 103 Å². The van der Waals surface area contributed by atoms with Crippen LogP contribution in [0.1, 0.15) is 35.8 Å². The largest absolute Gasteiger partial charge is 0.493 e. The lowest BCUT2D eigenvalue weighted by molar-refractivity contribution is -0.385. The number of anilines is 1. The van der Waals surface area contributed by atoms with Gasteiger partial charge in [0.05, 0.1) is 44.0 Å². The van der Waals surface area contributed by atoms with Crippen molar-refractivity contribution in [1.29, 1.82) is 0 Å². The summed E-state index contributed by atoms with van der Waals surface area (Å²) in [6.07, 6.45) is 0. The van der Waals surface area contributed by atoms with Gasteiger partial charge in [0.1, 0.15) is 5.56 Å². The van der Waals surface area contributed by atoms with Crippen molar-refractivity contribution >= 4 is 17.3 Å². The summed E-state index contributed by atoms with van der Waals surface area (Å²) in [6.45, 7) is 7.01. The Hall–Kier alpha value is -3.33. The van der Waals surface area contributed by atoms with Crippen molar-refractivity contribution < 1.29 is 23.9 Å². The van der Waals surface area contributed by atoms with E-state index >= 15 is 0 Å². The van der Waals surface area contributed by atoms with Crippen LogP contribution < -0.4 is 19.7 Å². The van der Waals surface area contributed by atoms with Gasteiger partial charge in [-0.05, 0) is 31.5 Å². The van der Waals surface area contributed by atoms with E-state index in [0.717, 1.165) is 24.3 Å². The van der Waals surface area contributed by atoms with Crippen molar-refractivity contribution in [3.63, 3.8) is 0 Å². The normalized spacial score (nSPS) is 14.6. The molecule has 9 heteroatoms. The first-order valence-corrected chi connectivity index (χ1v) is 10.2. The fourth-order valence-corrected chi connectivity index (χ4v) is 3.46. The number of hydrogen-bond donors (Lipinski definition) is 1. The number of rotatable bonds is 8. The summed E-state index contributed by atoms with van der Waals surface area (Å²) in [7, 11) is 1.42. The van der Waals surface area contributed by atoms with Crippen LogP contribution in [0.15, 0.2) is 36.4 Å². The van der Waals surface area contributed by atoms with Gasteiger partial charge in [0.2, 0.25) is 0 Å². The molecule has 31 heavy (non-hydrogen) atoms. The predicted molar refractivity (Wildman–Crippen MR) is 116 cm³/mol. The van der Waals surface area contributed by atoms with Gasteiger partial charge in [-0.3, -0.25) is 14.9 Å². The Morgan fingerprint density at radius 3 is 2.48 bits per heavy atom. The second-order valence-electron chi connectivity index (χ2n) is 7.10. The summed E-state index contributed by atoms with van der Waals surface area (Å²) in [5.41, 5.74) is 1.57. The highest BCUT2D eigenvalue weighted by Crippen LogP contribution is 2.35. The molecule has 1 atom stereocenters. The lowest BCUT2D eigenvalue weighted by Crippen LogP contribution is -2.36. The van der Waals surface area contributed by atoms with Gasteiger partial charge in [-0.1, -0.05) is 12.1 Å². The first kappa shape index (κ1) is 22.4. The molecule has 166 valence electrons. The molecule has 2 aromatic rings. The highest BCUT2D eigenvalue weighted by atomic mass is 16.6. The zero-order chi connectivity index (χ0) is 22.4. The van der Waals surface area contributed by atoms with Crippen LogP contribution >= 0.6 is 0 Å². The maximum absolute atomic E-state index is 12.9. The molecule has 0 saturated carbocycles. The number of nitrogens with one attached hydrogen (secondary N) is 1. The third-order valence-electron chi connectivity index (χ3n) is 5.14. The van der Waals surface area contributed by atoms with E-state index in [1.54, 1.807) is 6.92 Å². The number of methoxy groups -OCH3 is 1. The molecular weight excluding hydrogens is 402 g/mol. The van der Waals surface area contributed by atoms with Gasteiger partial charge in [0, 0.05) is 24.8 Å². The molecule has 0 bridgehead atoms. The number of ether oxygens (including phenoxy) is 3. The molecule has 2 aromatic carbocycles. The highest BCUT2D eigenvalue weighted by molar-refractivity contribution is 5.99. The summed E-state index contributed by atoms with van der Waals surface area (Å²) in [5.74, 6) is -0.0714. The molecule has 1 aliphatic heterocycles. The van der Waals surface area contributed by atoms with E-state index in [4.69, 9.17) is 14.2 Å². The highest BCUT2D eigenvalue weighted by Gasteiger charge is 2.26. The van der Waals surface area contributed by atoms with Crippen molar-refractivity contribution in [1.82, 2.24) is 5.32 Å². The fraction of sp³-hybridized carbons (Fsp3) is 0.409. The fourth-order valence-electron chi connectivity index (χ4n) is 3.46. The molecule has 1 aliphatic rings. The SMILES string of the molecule is CCOc1cc([N+](=O)[O-])c(C(=O)NC(C)c2ccc(N3CCOCC3)cc2)cc1OC. The molecule has 0 radical (unpaired) electrons. The van der Waals surface area contributed by atoms with Crippen LogP contribution in [0.2, 0.25) is 0 Å². The van der Waals surface area contributed by atoms with Gasteiger partial charge in [0.25, 0.3) is 11.6 Å². The smallest absolute Gasteiger partial charge is 0.286 e. The Morgan fingerprint density at radius 2 is 1.90 bits per heavy atom. The maximum Gasteiger partial charge on any atom is 0.286 e. The van der Waals surface area contributed by atoms with Gasteiger partial charge < -0.3 is 24.4 Å². The van der Waals surface area contributed by atoms with E-state index in [1.165, 1.54) is 19.2 Å². The Kier molecular flexibility index (Phi) is 7.30. The number of nitro benzene ring substituents is 1. The lowest BCUT2D eigenvalue weighted by Gasteiger charge is -2.29. The number of carbonyl (C=O) groups is 1. The monoisotopic (exact) mass is 429 g/mol. The average Bonchev–Trinajstić information content (AvgIpc) is 2.79. The van der Waals surface area contributed by atoms with Gasteiger partial charge >= 0.3 is 0 Å². The maximum atomic E-state index is 12.9. The molecule has 9 nitrogen and oxygen atoms in total. The van der Waals surface area contributed by atoms with E-state index in [-0.39, 0.29) is 28.8 Å². The third kappa shape index (κ3) is 5.24. The number of morpholine rings is 1. The summed E-state index contributed by atoms with van der Waals surface area (Å²) in [4.78, 5) is 26.1. The Labute approximate surface area is 181 Å². The van der Waals surface area contributed by atoms with Crippen molar-refractivity contribution in [2.75, 3.05) is 44.9 Å². The molecule has 1 fully saturated rings. The average molecular weight is 429 g/mol. The zero-order valence-electron chi connectivity index (χ0n) is 17.9. The molecule has 1 heterocycles. The first-order chi connectivity index (χ1) is 14.9. The molecule has 0 spiro atoms. The summed E-state index contributed by atoms with van der Waals surface area (Å²) >= 11 is 0. The number of amides is 1. The Bertz CT molecular complexity index is 926. The minimum atomic E-state index is -0.599. The second-order valence-corrected chi connectivity index (χ2v) is 7.10. The van der Waals surface area contributed by atoms with E-state index in [1.807, 2.05) is 31.2 Å². The number of carbonyl (C=O) groups excluding carboxylic acids is 1. The molecule has 1 saturated heterocycles. The first-order valence-electron chi connectivity index (χ1n) is 10.2. The van der Waals surface area contributed by atoms with Crippen LogP contribution in [0.4, 0.5) is 11.4 Å². The van der Waals surface area contributed by atoms with Crippen molar-refractivity contribution in [2.45, 2.75) is 19.9 Å². The van der Waals surface area contributed by atoms with Gasteiger partial charge in [0.15, 0.2) is 11.5 Å². The Balaban J connectivity index is 1.77. The van der Waals surface area contributed by atoms with Gasteiger partial charge in [-0.25, -0.2) is 0 Å². The van der Waals surface area contributed by atoms with Crippen molar-refractivity contribution in [2.24, 2.45) is 0 Å². The van der Waals surface area contributed by atoms with Crippen LogP contribution in [0, 0.1) is 10.1 Å². The summed E-state index contributed by atoms with van der Waals surface area (Å²) in [5, 5.41) is 14.4. The molecular formula is C22H27N3O6. The van der Waals surface area contributed by atoms with Crippen LogP contribution in [0.3, 0.4) is 0 Å². The number of benzene rings is 2. The molecule has 3 rings (SSSR count). The van der Waals surface area contributed by atoms with E-state index < -0.39 is 10.8 Å². The molecule has 0 aromatic heterocycles. The number of nitrogens with zero attached hydrogens (tertiary/aromatic N) is 2. The molecule has 1 N–H and O–H groups in total. The van der Waals surface area contributed by atoms with Crippen LogP contribution in [-0.2, 0) is 4.74 Å². The van der Waals surface area contributed by atoms with E-state index in [2.05, 4.69) is 10.2 Å². The lowest BCUT2D eigenvalue weighted by atomic mass is 10.1. The van der Waals surface area contributed by atoms with E-state index in [9.17, 15) is 14.9 Å². The van der Waals surface area contributed by atoms with Crippen LogP contribution in [0.5, 0.6) is 11.5 Å². The zero-order valence-corrected chi connectivity index (χ0v) is 17.9. The molecule has 1 unspecified atom stereocenters. The quantitative estimate of drug-likeness (QED) is 0.507. The third-order valence-corrected chi connectivity index (χ3v) is 5.14. The minimum absolute atomic E-state index is 0.0814.